The molecule has 2 aliphatic carbocycles. The van der Waals surface area contributed by atoms with Crippen LogP contribution in [0.25, 0.3) is 49.7 Å². The van der Waals surface area contributed by atoms with Crippen LogP contribution in [0.4, 0.5) is 17.1 Å². The third-order valence-electron chi connectivity index (χ3n) is 12.1. The Balaban J connectivity index is 1.17. The summed E-state index contributed by atoms with van der Waals surface area (Å²) in [5, 5.41) is 2.43. The molecule has 9 aromatic rings. The quantitative estimate of drug-likeness (QED) is 0.154. The second-order valence-corrected chi connectivity index (χ2v) is 16.3. The summed E-state index contributed by atoms with van der Waals surface area (Å²) in [5.41, 5.74) is 16.1. The van der Waals surface area contributed by atoms with E-state index in [9.17, 15) is 0 Å². The average molecular weight is 765 g/mol. The molecule has 2 aliphatic rings. The van der Waals surface area contributed by atoms with Crippen molar-refractivity contribution < 1.29 is 9.47 Å². The number of rotatable bonds is 8. The predicted molar refractivity (Wildman–Crippen MR) is 243 cm³/mol. The summed E-state index contributed by atoms with van der Waals surface area (Å²) >= 11 is 0. The molecule has 0 saturated heterocycles. The van der Waals surface area contributed by atoms with E-state index < -0.39 is 5.41 Å². The van der Waals surface area contributed by atoms with Crippen molar-refractivity contribution in [1.29, 1.82) is 0 Å². The summed E-state index contributed by atoms with van der Waals surface area (Å²) in [6, 6.07) is 66.5. The molecule has 0 N–H and O–H groups in total. The van der Waals surface area contributed by atoms with Crippen LogP contribution in [0.3, 0.4) is 0 Å². The summed E-state index contributed by atoms with van der Waals surface area (Å²) in [6.45, 7) is 8.37. The van der Waals surface area contributed by atoms with Gasteiger partial charge in [0, 0.05) is 33.5 Å². The van der Waals surface area contributed by atoms with Gasteiger partial charge in [0.15, 0.2) is 0 Å². The maximum absolute atomic E-state index is 6.43. The Bertz CT molecular complexity index is 3010. The van der Waals surface area contributed by atoms with Crippen LogP contribution in [0.1, 0.15) is 49.9 Å². The van der Waals surface area contributed by atoms with Gasteiger partial charge in [-0.1, -0.05) is 97.1 Å². The lowest BCUT2D eigenvalue weighted by molar-refractivity contribution is 0.242. The molecule has 59 heavy (non-hydrogen) atoms. The first-order chi connectivity index (χ1) is 28.9. The first-order valence-electron chi connectivity index (χ1n) is 20.7. The third-order valence-corrected chi connectivity index (χ3v) is 12.1. The second-order valence-electron chi connectivity index (χ2n) is 16.3. The van der Waals surface area contributed by atoms with Gasteiger partial charge in [-0.15, -0.1) is 0 Å². The fourth-order valence-corrected chi connectivity index (χ4v) is 9.94. The molecule has 11 rings (SSSR count). The summed E-state index contributed by atoms with van der Waals surface area (Å²) < 4.78 is 15.2. The number of anilines is 3. The number of benzene rings is 8. The van der Waals surface area contributed by atoms with Gasteiger partial charge in [-0.3, -0.25) is 0 Å². The molecule has 0 fully saturated rings. The molecular formula is C55H44N2O2. The highest BCUT2D eigenvalue weighted by Gasteiger charge is 2.52. The van der Waals surface area contributed by atoms with Gasteiger partial charge in [0.05, 0.1) is 28.7 Å². The van der Waals surface area contributed by atoms with E-state index >= 15 is 0 Å². The lowest BCUT2D eigenvalue weighted by atomic mass is 9.70. The minimum Gasteiger partial charge on any atom is -0.491 e. The number of fused-ring (bicyclic) bond motifs is 13. The molecule has 4 nitrogen and oxygen atoms in total. The monoisotopic (exact) mass is 764 g/mol. The van der Waals surface area contributed by atoms with Crippen molar-refractivity contribution in [2.75, 3.05) is 4.90 Å². The molecule has 0 aliphatic heterocycles. The molecule has 1 spiro atoms. The topological polar surface area (TPSA) is 26.6 Å². The summed E-state index contributed by atoms with van der Waals surface area (Å²) in [7, 11) is 0. The Morgan fingerprint density at radius 2 is 0.915 bits per heavy atom. The van der Waals surface area contributed by atoms with Crippen molar-refractivity contribution in [3.8, 4) is 39.4 Å². The van der Waals surface area contributed by atoms with E-state index in [1.54, 1.807) is 0 Å². The van der Waals surface area contributed by atoms with Gasteiger partial charge in [-0.2, -0.15) is 0 Å². The van der Waals surface area contributed by atoms with Crippen LogP contribution < -0.4 is 14.4 Å². The minimum atomic E-state index is -0.602. The molecule has 8 aromatic carbocycles. The summed E-state index contributed by atoms with van der Waals surface area (Å²) in [4.78, 5) is 2.42. The highest BCUT2D eigenvalue weighted by Crippen LogP contribution is 2.64. The van der Waals surface area contributed by atoms with Crippen molar-refractivity contribution >= 4 is 38.9 Å². The molecule has 0 amide bonds. The molecule has 286 valence electrons. The summed E-state index contributed by atoms with van der Waals surface area (Å²) in [6.07, 6.45) is 0.0964. The second kappa shape index (κ2) is 13.5. The van der Waals surface area contributed by atoms with E-state index in [1.807, 2.05) is 0 Å². The van der Waals surface area contributed by atoms with Crippen LogP contribution in [-0.4, -0.2) is 16.8 Å². The summed E-state index contributed by atoms with van der Waals surface area (Å²) in [5.74, 6) is 1.75. The van der Waals surface area contributed by atoms with Crippen molar-refractivity contribution in [3.05, 3.63) is 204 Å². The number of ether oxygens (including phenoxy) is 2. The fourth-order valence-electron chi connectivity index (χ4n) is 9.94. The lowest BCUT2D eigenvalue weighted by Crippen LogP contribution is -2.26. The van der Waals surface area contributed by atoms with Crippen molar-refractivity contribution in [2.24, 2.45) is 0 Å². The van der Waals surface area contributed by atoms with Gasteiger partial charge in [0.25, 0.3) is 0 Å². The Labute approximate surface area is 345 Å². The molecular weight excluding hydrogens is 721 g/mol. The fraction of sp³-hybridized carbons (Fsp3) is 0.127. The van der Waals surface area contributed by atoms with E-state index in [2.05, 4.69) is 219 Å². The molecule has 1 aromatic heterocycles. The van der Waals surface area contributed by atoms with Crippen molar-refractivity contribution in [2.45, 2.75) is 45.3 Å². The van der Waals surface area contributed by atoms with E-state index in [0.717, 1.165) is 34.2 Å². The van der Waals surface area contributed by atoms with Gasteiger partial charge < -0.3 is 18.9 Å². The zero-order valence-electron chi connectivity index (χ0n) is 33.7. The van der Waals surface area contributed by atoms with Crippen LogP contribution >= 0.6 is 0 Å². The SMILES string of the molecule is CC(C)Oc1ccc2c(c1)C1(c3ccccc3-c3ccc(N(c4ccccc4)c4ccc5c(c4)c4ccccc4n5-c4ccccc4)cc31)c1cc(OC(C)C)ccc1-2. The molecule has 0 saturated carbocycles. The van der Waals surface area contributed by atoms with Crippen LogP contribution in [0.15, 0.2) is 182 Å². The molecule has 0 bridgehead atoms. The highest BCUT2D eigenvalue weighted by atomic mass is 16.5. The maximum atomic E-state index is 6.43. The zero-order chi connectivity index (χ0) is 39.8. The van der Waals surface area contributed by atoms with Crippen molar-refractivity contribution in [1.82, 2.24) is 4.57 Å². The molecule has 0 unspecified atom stereocenters. The number of para-hydroxylation sites is 3. The molecule has 0 radical (unpaired) electrons. The first-order valence-corrected chi connectivity index (χ1v) is 20.7. The van der Waals surface area contributed by atoms with Gasteiger partial charge in [-0.25, -0.2) is 0 Å². The van der Waals surface area contributed by atoms with Gasteiger partial charge in [-0.05, 0) is 157 Å². The maximum Gasteiger partial charge on any atom is 0.120 e. The smallest absolute Gasteiger partial charge is 0.120 e. The van der Waals surface area contributed by atoms with Gasteiger partial charge in [0.1, 0.15) is 11.5 Å². The van der Waals surface area contributed by atoms with E-state index in [0.29, 0.717) is 0 Å². The average Bonchev–Trinajstić information content (AvgIpc) is 3.85. The Hall–Kier alpha value is -7.04. The molecule has 1 heterocycles. The number of hydrogen-bond acceptors (Lipinski definition) is 3. The molecule has 4 heteroatoms. The lowest BCUT2D eigenvalue weighted by Gasteiger charge is -2.32. The van der Waals surface area contributed by atoms with Gasteiger partial charge >= 0.3 is 0 Å². The van der Waals surface area contributed by atoms with Crippen LogP contribution in [0, 0.1) is 0 Å². The zero-order valence-corrected chi connectivity index (χ0v) is 33.7. The third kappa shape index (κ3) is 5.36. The highest BCUT2D eigenvalue weighted by molar-refractivity contribution is 6.11. The van der Waals surface area contributed by atoms with Crippen molar-refractivity contribution in [3.63, 3.8) is 0 Å². The van der Waals surface area contributed by atoms with Crippen LogP contribution in [0.5, 0.6) is 11.5 Å². The van der Waals surface area contributed by atoms with E-state index in [1.165, 1.54) is 66.3 Å². The minimum absolute atomic E-state index is 0.0482. The standard InChI is InChI=1S/C55H44N2O2/c1-35(2)58-41-25-28-45-46-29-26-42(59-36(3)4)34-52(46)55(51(45)33-41)49-21-13-11-19-43(49)44-27-23-40(32-50(44)55)56(37-15-7-5-8-16-37)39-24-30-54-48(31-39)47-20-12-14-22-53(47)57(54)38-17-9-6-10-18-38/h5-36H,1-4H3. The Morgan fingerprint density at radius 1 is 0.407 bits per heavy atom. The number of aromatic nitrogens is 1. The van der Waals surface area contributed by atoms with E-state index in [4.69, 9.17) is 9.47 Å². The number of nitrogens with zero attached hydrogens (tertiary/aromatic N) is 2. The Kier molecular flexibility index (Phi) is 8.06. The Morgan fingerprint density at radius 3 is 1.59 bits per heavy atom. The predicted octanol–water partition coefficient (Wildman–Crippen LogP) is 14.2. The van der Waals surface area contributed by atoms with Crippen LogP contribution in [0.2, 0.25) is 0 Å². The molecule has 0 atom stereocenters. The first kappa shape index (κ1) is 35.1. The largest absolute Gasteiger partial charge is 0.491 e. The van der Waals surface area contributed by atoms with E-state index in [-0.39, 0.29) is 12.2 Å². The van der Waals surface area contributed by atoms with Gasteiger partial charge in [0.2, 0.25) is 0 Å². The number of hydrogen-bond donors (Lipinski definition) is 0. The normalized spacial score (nSPS) is 13.2. The van der Waals surface area contributed by atoms with Crippen LogP contribution in [-0.2, 0) is 5.41 Å².